The molecule has 2 fully saturated rings. The minimum absolute atomic E-state index is 0.00338. The molecule has 0 aromatic heterocycles. The van der Waals surface area contributed by atoms with Gasteiger partial charge in [-0.3, -0.25) is 9.59 Å². The van der Waals surface area contributed by atoms with Crippen LogP contribution in [0.2, 0.25) is 0 Å². The average Bonchev–Trinajstić information content (AvgIpc) is 3.48. The van der Waals surface area contributed by atoms with E-state index in [4.69, 9.17) is 0 Å². The Bertz CT molecular complexity index is 796. The van der Waals surface area contributed by atoms with Crippen LogP contribution in [0.1, 0.15) is 47.9 Å². The maximum Gasteiger partial charge on any atom is 0.147 e. The highest BCUT2D eigenvalue weighted by atomic mass is 16.1. The molecular formula is C22H20O2. The van der Waals surface area contributed by atoms with Gasteiger partial charge in [0.15, 0.2) is 0 Å². The second kappa shape index (κ2) is 4.66. The normalized spacial score (nSPS) is 22.8. The first kappa shape index (κ1) is 14.2. The van der Waals surface area contributed by atoms with Gasteiger partial charge in [-0.15, -0.1) is 0 Å². The number of hydrogen-bond donors (Lipinski definition) is 0. The van der Waals surface area contributed by atoms with Gasteiger partial charge in [0, 0.05) is 12.8 Å². The third-order valence-electron chi connectivity index (χ3n) is 6.34. The first-order chi connectivity index (χ1) is 11.7. The molecule has 2 spiro atoms. The molecular weight excluding hydrogens is 296 g/mol. The molecule has 0 atom stereocenters. The van der Waals surface area contributed by atoms with Gasteiger partial charge >= 0.3 is 0 Å². The van der Waals surface area contributed by atoms with Crippen LogP contribution in [0, 0.1) is 0 Å². The summed E-state index contributed by atoms with van der Waals surface area (Å²) in [7, 11) is 0. The monoisotopic (exact) mass is 316 g/mol. The van der Waals surface area contributed by atoms with Crippen molar-refractivity contribution < 1.29 is 9.59 Å². The van der Waals surface area contributed by atoms with Crippen molar-refractivity contribution in [1.29, 1.82) is 0 Å². The Hall–Kier alpha value is -2.22. The summed E-state index contributed by atoms with van der Waals surface area (Å²) in [6, 6.07) is 16.5. The second-order valence-corrected chi connectivity index (χ2v) is 7.68. The number of benzene rings is 2. The fourth-order valence-corrected chi connectivity index (χ4v) is 4.61. The molecule has 4 aliphatic carbocycles. The Morgan fingerprint density at radius 2 is 0.958 bits per heavy atom. The molecule has 2 aromatic rings. The van der Waals surface area contributed by atoms with Gasteiger partial charge in [0.25, 0.3) is 0 Å². The average molecular weight is 316 g/mol. The molecule has 120 valence electrons. The van der Waals surface area contributed by atoms with Crippen LogP contribution in [0.25, 0.3) is 0 Å². The number of ketones is 2. The maximum atomic E-state index is 11.6. The zero-order chi connectivity index (χ0) is 16.4. The second-order valence-electron chi connectivity index (χ2n) is 7.68. The van der Waals surface area contributed by atoms with Gasteiger partial charge in [0.05, 0.1) is 10.8 Å². The Kier molecular flexibility index (Phi) is 2.75. The van der Waals surface area contributed by atoms with Gasteiger partial charge in [-0.05, 0) is 47.9 Å². The number of hydrogen-bond acceptors (Lipinski definition) is 2. The Morgan fingerprint density at radius 3 is 1.33 bits per heavy atom. The summed E-state index contributed by atoms with van der Waals surface area (Å²) in [4.78, 5) is 23.2. The first-order valence-corrected chi connectivity index (χ1v) is 8.89. The van der Waals surface area contributed by atoms with Crippen molar-refractivity contribution in [3.8, 4) is 0 Å². The zero-order valence-electron chi connectivity index (χ0n) is 13.7. The highest BCUT2D eigenvalue weighted by Gasteiger charge is 2.55. The Morgan fingerprint density at radius 1 is 0.583 bits per heavy atom. The molecule has 4 aliphatic rings. The summed E-state index contributed by atoms with van der Waals surface area (Å²) in [5.74, 6) is 0.896. The smallest absolute Gasteiger partial charge is 0.147 e. The molecule has 2 heteroatoms. The lowest BCUT2D eigenvalue weighted by molar-refractivity contribution is -0.120. The predicted molar refractivity (Wildman–Crippen MR) is 92.1 cm³/mol. The standard InChI is InChI=1S/2C11H10O/c2*12-10-7-8-3-1-2-4-9(8)11(10)5-6-11/h2*1-4H,5-7H2. The largest absolute Gasteiger partial charge is 0.298 e. The maximum absolute atomic E-state index is 11.6. The Labute approximate surface area is 141 Å². The Balaban J connectivity index is 0.000000109. The van der Waals surface area contributed by atoms with Gasteiger partial charge in [-0.2, -0.15) is 0 Å². The quantitative estimate of drug-likeness (QED) is 0.743. The van der Waals surface area contributed by atoms with E-state index in [0.717, 1.165) is 25.7 Å². The van der Waals surface area contributed by atoms with Crippen molar-refractivity contribution in [2.24, 2.45) is 0 Å². The van der Waals surface area contributed by atoms with Crippen molar-refractivity contribution in [2.45, 2.75) is 49.4 Å². The van der Waals surface area contributed by atoms with Crippen LogP contribution in [0.3, 0.4) is 0 Å². The van der Waals surface area contributed by atoms with E-state index < -0.39 is 0 Å². The molecule has 2 nitrogen and oxygen atoms in total. The molecule has 0 unspecified atom stereocenters. The zero-order valence-corrected chi connectivity index (χ0v) is 13.7. The van der Waals surface area contributed by atoms with E-state index in [9.17, 15) is 9.59 Å². The van der Waals surface area contributed by atoms with E-state index in [1.807, 2.05) is 24.3 Å². The minimum Gasteiger partial charge on any atom is -0.298 e. The molecule has 0 N–H and O–H groups in total. The third kappa shape index (κ3) is 1.83. The number of rotatable bonds is 0. The summed E-state index contributed by atoms with van der Waals surface area (Å²) in [5, 5.41) is 0. The number of fused-ring (bicyclic) bond motifs is 4. The van der Waals surface area contributed by atoms with Crippen molar-refractivity contribution >= 4 is 11.6 Å². The summed E-state index contributed by atoms with van der Waals surface area (Å²) in [5.41, 5.74) is 5.15. The lowest BCUT2D eigenvalue weighted by Gasteiger charge is -2.04. The molecule has 0 saturated heterocycles. The van der Waals surface area contributed by atoms with Gasteiger partial charge in [0.2, 0.25) is 0 Å². The van der Waals surface area contributed by atoms with Crippen molar-refractivity contribution in [1.82, 2.24) is 0 Å². The van der Waals surface area contributed by atoms with Gasteiger partial charge in [0.1, 0.15) is 11.6 Å². The number of Topliss-reactive ketones (excluding diaryl/α,β-unsaturated/α-hetero) is 2. The summed E-state index contributed by atoms with van der Waals surface area (Å²) < 4.78 is 0. The topological polar surface area (TPSA) is 34.1 Å². The lowest BCUT2D eigenvalue weighted by atomic mass is 9.98. The lowest BCUT2D eigenvalue weighted by Crippen LogP contribution is -2.13. The number of carbonyl (C=O) groups excluding carboxylic acids is 2. The van der Waals surface area contributed by atoms with Crippen molar-refractivity contribution in [2.75, 3.05) is 0 Å². The van der Waals surface area contributed by atoms with E-state index in [-0.39, 0.29) is 10.8 Å². The molecule has 6 rings (SSSR count). The first-order valence-electron chi connectivity index (χ1n) is 8.89. The van der Waals surface area contributed by atoms with Crippen LogP contribution in [0.15, 0.2) is 48.5 Å². The van der Waals surface area contributed by atoms with Gasteiger partial charge in [-0.25, -0.2) is 0 Å². The van der Waals surface area contributed by atoms with E-state index in [1.165, 1.54) is 22.3 Å². The van der Waals surface area contributed by atoms with E-state index in [2.05, 4.69) is 24.3 Å². The van der Waals surface area contributed by atoms with E-state index in [0.29, 0.717) is 24.4 Å². The molecule has 2 aromatic carbocycles. The van der Waals surface area contributed by atoms with Crippen molar-refractivity contribution in [3.05, 3.63) is 70.8 Å². The third-order valence-corrected chi connectivity index (χ3v) is 6.34. The van der Waals surface area contributed by atoms with Crippen LogP contribution >= 0.6 is 0 Å². The molecule has 0 amide bonds. The van der Waals surface area contributed by atoms with Crippen LogP contribution in [0.5, 0.6) is 0 Å². The van der Waals surface area contributed by atoms with Crippen LogP contribution in [-0.4, -0.2) is 11.6 Å². The van der Waals surface area contributed by atoms with Crippen molar-refractivity contribution in [3.63, 3.8) is 0 Å². The molecule has 0 aliphatic heterocycles. The molecule has 0 heterocycles. The predicted octanol–water partition coefficient (Wildman–Crippen LogP) is 3.69. The summed E-state index contributed by atoms with van der Waals surface area (Å²) in [6.45, 7) is 0. The highest BCUT2D eigenvalue weighted by molar-refractivity contribution is 5.99. The molecule has 2 saturated carbocycles. The van der Waals surface area contributed by atoms with Gasteiger partial charge < -0.3 is 0 Å². The SMILES string of the molecule is O=C1Cc2ccccc2C12CC2.O=C1Cc2ccccc2C12CC2. The van der Waals surface area contributed by atoms with Gasteiger partial charge in [-0.1, -0.05) is 48.5 Å². The van der Waals surface area contributed by atoms with Crippen LogP contribution in [0.4, 0.5) is 0 Å². The highest BCUT2D eigenvalue weighted by Crippen LogP contribution is 2.55. The summed E-state index contributed by atoms with van der Waals surface area (Å²) >= 11 is 0. The molecule has 24 heavy (non-hydrogen) atoms. The van der Waals surface area contributed by atoms with Crippen LogP contribution < -0.4 is 0 Å². The van der Waals surface area contributed by atoms with E-state index in [1.54, 1.807) is 0 Å². The summed E-state index contributed by atoms with van der Waals surface area (Å²) in [6.07, 6.45) is 5.70. The van der Waals surface area contributed by atoms with E-state index >= 15 is 0 Å². The molecule has 0 radical (unpaired) electrons. The fraction of sp³-hybridized carbons (Fsp3) is 0.364. The minimum atomic E-state index is -0.00338. The van der Waals surface area contributed by atoms with Crippen LogP contribution in [-0.2, 0) is 33.3 Å². The number of carbonyl (C=O) groups is 2. The molecule has 0 bridgehead atoms. The fourth-order valence-electron chi connectivity index (χ4n) is 4.61.